The lowest BCUT2D eigenvalue weighted by atomic mass is 9.98. The summed E-state index contributed by atoms with van der Waals surface area (Å²) >= 11 is 0. The SMILES string of the molecule is CC(C(=O)NC(=O)NCC(F)(F)F)N1CCc2ccc(F)cc2C1. The monoisotopic (exact) mass is 347 g/mol. The maximum atomic E-state index is 13.3. The van der Waals surface area contributed by atoms with Crippen molar-refractivity contribution in [3.05, 3.63) is 35.1 Å². The van der Waals surface area contributed by atoms with Crippen molar-refractivity contribution in [2.75, 3.05) is 13.1 Å². The number of halogens is 4. The van der Waals surface area contributed by atoms with Crippen LogP contribution in [-0.4, -0.2) is 42.1 Å². The van der Waals surface area contributed by atoms with E-state index in [-0.39, 0.29) is 5.82 Å². The highest BCUT2D eigenvalue weighted by Gasteiger charge is 2.29. The molecule has 2 rings (SSSR count). The lowest BCUT2D eigenvalue weighted by molar-refractivity contribution is -0.127. The van der Waals surface area contributed by atoms with Crippen molar-refractivity contribution in [2.24, 2.45) is 0 Å². The lowest BCUT2D eigenvalue weighted by Gasteiger charge is -2.32. The fourth-order valence-electron chi connectivity index (χ4n) is 2.48. The molecule has 1 aliphatic rings. The number of urea groups is 1. The molecule has 2 N–H and O–H groups in total. The van der Waals surface area contributed by atoms with Crippen LogP contribution in [0.3, 0.4) is 0 Å². The van der Waals surface area contributed by atoms with Gasteiger partial charge in [0.25, 0.3) is 0 Å². The van der Waals surface area contributed by atoms with Crippen LogP contribution in [0.1, 0.15) is 18.1 Å². The highest BCUT2D eigenvalue weighted by molar-refractivity contribution is 5.96. The molecule has 1 aromatic rings. The average Bonchev–Trinajstić information content (AvgIpc) is 2.50. The Morgan fingerprint density at radius 2 is 2.00 bits per heavy atom. The van der Waals surface area contributed by atoms with Crippen LogP contribution in [0.2, 0.25) is 0 Å². The van der Waals surface area contributed by atoms with Gasteiger partial charge in [0.05, 0.1) is 6.04 Å². The summed E-state index contributed by atoms with van der Waals surface area (Å²) in [5.41, 5.74) is 1.74. The molecule has 0 saturated heterocycles. The van der Waals surface area contributed by atoms with E-state index >= 15 is 0 Å². The highest BCUT2D eigenvalue weighted by Crippen LogP contribution is 2.21. The third kappa shape index (κ3) is 4.92. The van der Waals surface area contributed by atoms with E-state index in [0.717, 1.165) is 11.1 Å². The fourth-order valence-corrected chi connectivity index (χ4v) is 2.48. The van der Waals surface area contributed by atoms with Gasteiger partial charge in [-0.25, -0.2) is 9.18 Å². The summed E-state index contributed by atoms with van der Waals surface area (Å²) in [6.07, 6.45) is -3.93. The van der Waals surface area contributed by atoms with E-state index in [9.17, 15) is 27.2 Å². The molecule has 0 saturated carbocycles. The van der Waals surface area contributed by atoms with Crippen molar-refractivity contribution >= 4 is 11.9 Å². The Balaban J connectivity index is 1.91. The molecule has 1 heterocycles. The van der Waals surface area contributed by atoms with Gasteiger partial charge in [-0.3, -0.25) is 15.0 Å². The molecule has 1 unspecified atom stereocenters. The number of rotatable bonds is 3. The van der Waals surface area contributed by atoms with E-state index in [1.807, 2.05) is 5.32 Å². The predicted octanol–water partition coefficient (Wildman–Crippen LogP) is 1.96. The van der Waals surface area contributed by atoms with Crippen molar-refractivity contribution in [3.8, 4) is 0 Å². The summed E-state index contributed by atoms with van der Waals surface area (Å²) < 4.78 is 49.3. The summed E-state index contributed by atoms with van der Waals surface area (Å²) in [5.74, 6) is -1.09. The number of alkyl halides is 3. The number of carbonyl (C=O) groups is 2. The summed E-state index contributed by atoms with van der Waals surface area (Å²) in [6.45, 7) is 0.872. The molecule has 0 fully saturated rings. The number of carbonyl (C=O) groups excluding carboxylic acids is 2. The summed E-state index contributed by atoms with van der Waals surface area (Å²) in [7, 11) is 0. The van der Waals surface area contributed by atoms with Gasteiger partial charge in [-0.15, -0.1) is 0 Å². The minimum Gasteiger partial charge on any atom is -0.329 e. The first-order valence-corrected chi connectivity index (χ1v) is 7.32. The van der Waals surface area contributed by atoms with Crippen LogP contribution in [0.4, 0.5) is 22.4 Å². The molecule has 0 aromatic heterocycles. The quantitative estimate of drug-likeness (QED) is 0.822. The van der Waals surface area contributed by atoms with Crippen LogP contribution in [0, 0.1) is 5.82 Å². The Hall–Kier alpha value is -2.16. The predicted molar refractivity (Wildman–Crippen MR) is 77.6 cm³/mol. The molecule has 0 aliphatic carbocycles. The zero-order valence-corrected chi connectivity index (χ0v) is 12.9. The zero-order valence-electron chi connectivity index (χ0n) is 12.9. The second-order valence-corrected chi connectivity index (χ2v) is 5.60. The Morgan fingerprint density at radius 1 is 1.29 bits per heavy atom. The Kier molecular flexibility index (Phi) is 5.43. The maximum Gasteiger partial charge on any atom is 0.405 e. The number of imide groups is 1. The van der Waals surface area contributed by atoms with Crippen LogP contribution in [0.25, 0.3) is 0 Å². The molecule has 24 heavy (non-hydrogen) atoms. The summed E-state index contributed by atoms with van der Waals surface area (Å²) in [4.78, 5) is 25.0. The molecule has 0 bridgehead atoms. The Bertz CT molecular complexity index is 634. The maximum absolute atomic E-state index is 13.3. The normalized spacial score (nSPS) is 16.2. The molecular formula is C15H17F4N3O2. The summed E-state index contributed by atoms with van der Waals surface area (Å²) in [5, 5.41) is 3.45. The molecule has 5 nitrogen and oxygen atoms in total. The first kappa shape index (κ1) is 18.2. The third-order valence-corrected chi connectivity index (χ3v) is 3.82. The lowest BCUT2D eigenvalue weighted by Crippen LogP contribution is -2.51. The van der Waals surface area contributed by atoms with E-state index < -0.39 is 30.7 Å². The van der Waals surface area contributed by atoms with Gasteiger partial charge < -0.3 is 5.32 Å². The van der Waals surface area contributed by atoms with Crippen molar-refractivity contribution in [2.45, 2.75) is 32.1 Å². The smallest absolute Gasteiger partial charge is 0.329 e. The highest BCUT2D eigenvalue weighted by atomic mass is 19.4. The zero-order chi connectivity index (χ0) is 17.9. The number of nitrogens with zero attached hydrogens (tertiary/aromatic N) is 1. The van der Waals surface area contributed by atoms with E-state index in [0.29, 0.717) is 19.5 Å². The van der Waals surface area contributed by atoms with Crippen molar-refractivity contribution < 1.29 is 27.2 Å². The van der Waals surface area contributed by atoms with E-state index in [1.54, 1.807) is 16.3 Å². The number of nitrogens with one attached hydrogen (secondary N) is 2. The summed E-state index contributed by atoms with van der Waals surface area (Å²) in [6, 6.07) is 2.51. The minimum atomic E-state index is -4.55. The number of benzene rings is 1. The molecule has 3 amide bonds. The van der Waals surface area contributed by atoms with Crippen LogP contribution in [0.15, 0.2) is 18.2 Å². The number of hydrogen-bond acceptors (Lipinski definition) is 3. The average molecular weight is 347 g/mol. The second-order valence-electron chi connectivity index (χ2n) is 5.60. The van der Waals surface area contributed by atoms with Crippen LogP contribution in [-0.2, 0) is 17.8 Å². The molecular weight excluding hydrogens is 330 g/mol. The Morgan fingerprint density at radius 3 is 2.67 bits per heavy atom. The van der Waals surface area contributed by atoms with Gasteiger partial charge in [-0.1, -0.05) is 6.07 Å². The minimum absolute atomic E-state index is 0.325. The standard InChI is InChI=1S/C15H17F4N3O2/c1-9(13(23)21-14(24)20-8-15(17,18)19)22-5-4-10-2-3-12(16)6-11(10)7-22/h2-3,6,9H,4-5,7-8H2,1H3,(H2,20,21,23,24). The second kappa shape index (κ2) is 7.16. The van der Waals surface area contributed by atoms with E-state index in [2.05, 4.69) is 0 Å². The van der Waals surface area contributed by atoms with Crippen LogP contribution < -0.4 is 10.6 Å². The molecule has 1 atom stereocenters. The third-order valence-electron chi connectivity index (χ3n) is 3.82. The van der Waals surface area contributed by atoms with Gasteiger partial charge in [0, 0.05) is 13.1 Å². The van der Waals surface area contributed by atoms with Crippen LogP contribution >= 0.6 is 0 Å². The van der Waals surface area contributed by atoms with E-state index in [4.69, 9.17) is 0 Å². The first-order valence-electron chi connectivity index (χ1n) is 7.32. The van der Waals surface area contributed by atoms with Gasteiger partial charge in [-0.05, 0) is 36.6 Å². The number of hydrogen-bond donors (Lipinski definition) is 2. The van der Waals surface area contributed by atoms with Gasteiger partial charge in [0.15, 0.2) is 0 Å². The van der Waals surface area contributed by atoms with Crippen LogP contribution in [0.5, 0.6) is 0 Å². The molecule has 1 aliphatic heterocycles. The molecule has 1 aromatic carbocycles. The largest absolute Gasteiger partial charge is 0.405 e. The van der Waals surface area contributed by atoms with Crippen molar-refractivity contribution in [3.63, 3.8) is 0 Å². The topological polar surface area (TPSA) is 61.4 Å². The van der Waals surface area contributed by atoms with Gasteiger partial charge in [-0.2, -0.15) is 13.2 Å². The number of fused-ring (bicyclic) bond motifs is 1. The fraction of sp³-hybridized carbons (Fsp3) is 0.467. The Labute approximate surface area is 136 Å². The van der Waals surface area contributed by atoms with Crippen molar-refractivity contribution in [1.29, 1.82) is 0 Å². The number of amides is 3. The molecule has 9 heteroatoms. The van der Waals surface area contributed by atoms with E-state index in [1.165, 1.54) is 19.1 Å². The van der Waals surface area contributed by atoms with Crippen molar-refractivity contribution in [1.82, 2.24) is 15.5 Å². The molecule has 0 spiro atoms. The first-order chi connectivity index (χ1) is 11.2. The van der Waals surface area contributed by atoms with Gasteiger partial charge in [0.2, 0.25) is 5.91 Å². The van der Waals surface area contributed by atoms with Gasteiger partial charge in [0.1, 0.15) is 12.4 Å². The molecule has 0 radical (unpaired) electrons. The van der Waals surface area contributed by atoms with Gasteiger partial charge >= 0.3 is 12.2 Å². The molecule has 132 valence electrons.